The molecule has 0 aliphatic carbocycles. The van der Waals surface area contributed by atoms with E-state index in [1.54, 1.807) is 0 Å². The summed E-state index contributed by atoms with van der Waals surface area (Å²) in [6.07, 6.45) is 0. The summed E-state index contributed by atoms with van der Waals surface area (Å²) in [7, 11) is 0. The van der Waals surface area contributed by atoms with Gasteiger partial charge in [0.05, 0.1) is 0 Å². The maximum Gasteiger partial charge on any atom is 0.0467 e. The Labute approximate surface area is 311 Å². The molecule has 250 valence electrons. The Morgan fingerprint density at radius 2 is 0.679 bits per heavy atom. The van der Waals surface area contributed by atoms with E-state index in [2.05, 4.69) is 229 Å². The van der Waals surface area contributed by atoms with E-state index in [1.807, 2.05) is 0 Å². The largest absolute Gasteiger partial charge is 0.310 e. The average Bonchev–Trinajstić information content (AvgIpc) is 3.25. The Hall–Kier alpha value is -6.96. The predicted molar refractivity (Wildman–Crippen MR) is 226 cm³/mol. The smallest absolute Gasteiger partial charge is 0.0467 e. The summed E-state index contributed by atoms with van der Waals surface area (Å²) >= 11 is 0. The lowest BCUT2D eigenvalue weighted by Crippen LogP contribution is -2.09. The summed E-state index contributed by atoms with van der Waals surface area (Å²) < 4.78 is 0. The molecule has 9 rings (SSSR count). The Morgan fingerprint density at radius 3 is 1.42 bits per heavy atom. The second kappa shape index (κ2) is 14.3. The fourth-order valence-electron chi connectivity index (χ4n) is 7.62. The maximum absolute atomic E-state index is 2.36. The molecule has 9 aromatic rings. The van der Waals surface area contributed by atoms with Crippen LogP contribution in [0.25, 0.3) is 66.4 Å². The van der Waals surface area contributed by atoms with Crippen molar-refractivity contribution in [3.05, 3.63) is 224 Å². The van der Waals surface area contributed by atoms with Crippen molar-refractivity contribution in [2.75, 3.05) is 4.90 Å². The lowest BCUT2D eigenvalue weighted by atomic mass is 9.84. The highest BCUT2D eigenvalue weighted by molar-refractivity contribution is 6.00. The predicted octanol–water partition coefficient (Wildman–Crippen LogP) is 14.6. The van der Waals surface area contributed by atoms with Crippen LogP contribution in [0.5, 0.6) is 0 Å². The van der Waals surface area contributed by atoms with E-state index in [9.17, 15) is 0 Å². The molecule has 0 aliphatic rings. The molecule has 0 unspecified atom stereocenters. The van der Waals surface area contributed by atoms with Gasteiger partial charge < -0.3 is 4.90 Å². The van der Waals surface area contributed by atoms with Gasteiger partial charge in [0.25, 0.3) is 0 Å². The lowest BCUT2D eigenvalue weighted by molar-refractivity contribution is 1.28. The molecule has 0 heterocycles. The first-order valence-electron chi connectivity index (χ1n) is 18.2. The molecule has 0 amide bonds. The molecular weight excluding hydrogens is 639 g/mol. The van der Waals surface area contributed by atoms with Crippen molar-refractivity contribution in [2.45, 2.75) is 0 Å². The third kappa shape index (κ3) is 6.30. The molecule has 0 radical (unpaired) electrons. The van der Waals surface area contributed by atoms with E-state index in [0.29, 0.717) is 0 Å². The molecule has 53 heavy (non-hydrogen) atoms. The van der Waals surface area contributed by atoms with E-state index >= 15 is 0 Å². The van der Waals surface area contributed by atoms with Gasteiger partial charge >= 0.3 is 0 Å². The van der Waals surface area contributed by atoms with Crippen LogP contribution in [0, 0.1) is 0 Å². The Kier molecular flexibility index (Phi) is 8.66. The summed E-state index contributed by atoms with van der Waals surface area (Å²) in [6, 6.07) is 80.8. The van der Waals surface area contributed by atoms with Crippen molar-refractivity contribution in [3.8, 4) is 55.6 Å². The van der Waals surface area contributed by atoms with Crippen LogP contribution < -0.4 is 4.90 Å². The molecule has 0 bridgehead atoms. The number of rotatable bonds is 8. The van der Waals surface area contributed by atoms with E-state index in [0.717, 1.165) is 22.6 Å². The fraction of sp³-hybridized carbons (Fsp3) is 0. The molecule has 0 saturated heterocycles. The zero-order valence-electron chi connectivity index (χ0n) is 29.3. The van der Waals surface area contributed by atoms with E-state index in [-0.39, 0.29) is 0 Å². The van der Waals surface area contributed by atoms with Gasteiger partial charge in [0.2, 0.25) is 0 Å². The minimum absolute atomic E-state index is 1.10. The van der Waals surface area contributed by atoms with Crippen LogP contribution >= 0.6 is 0 Å². The van der Waals surface area contributed by atoms with Gasteiger partial charge in [-0.1, -0.05) is 188 Å². The highest BCUT2D eigenvalue weighted by Crippen LogP contribution is 2.45. The number of hydrogen-bond donors (Lipinski definition) is 0. The third-order valence-electron chi connectivity index (χ3n) is 10.1. The van der Waals surface area contributed by atoms with Crippen molar-refractivity contribution in [3.63, 3.8) is 0 Å². The van der Waals surface area contributed by atoms with E-state index in [1.165, 1.54) is 60.8 Å². The topological polar surface area (TPSA) is 3.24 Å². The van der Waals surface area contributed by atoms with Crippen LogP contribution in [-0.4, -0.2) is 0 Å². The van der Waals surface area contributed by atoms with Gasteiger partial charge in [0.1, 0.15) is 0 Å². The van der Waals surface area contributed by atoms with Gasteiger partial charge in [-0.05, 0) is 103 Å². The lowest BCUT2D eigenvalue weighted by Gasteiger charge is -2.26. The quantitative estimate of drug-likeness (QED) is 0.155. The standard InChI is InChI=1S/C52H37N/c1-4-17-38(18-5-1)48-28-12-13-29-51(48)52-49(40-19-6-2-7-20-40)31-16-32-50(52)42-23-14-26-45(37-42)53(43-24-8-3-9-25-43)44-35-33-41(34-36-44)47-30-15-22-39-21-10-11-27-46(39)47/h1-37H. The fourth-order valence-corrected chi connectivity index (χ4v) is 7.62. The van der Waals surface area contributed by atoms with Gasteiger partial charge in [0, 0.05) is 17.1 Å². The number of anilines is 3. The zero-order chi connectivity index (χ0) is 35.4. The highest BCUT2D eigenvalue weighted by Gasteiger charge is 2.19. The first kappa shape index (κ1) is 32.0. The Morgan fingerprint density at radius 1 is 0.245 bits per heavy atom. The van der Waals surface area contributed by atoms with E-state index < -0.39 is 0 Å². The van der Waals surface area contributed by atoms with Crippen molar-refractivity contribution in [1.82, 2.24) is 0 Å². The van der Waals surface area contributed by atoms with Crippen molar-refractivity contribution >= 4 is 27.8 Å². The van der Waals surface area contributed by atoms with Crippen LogP contribution in [0.1, 0.15) is 0 Å². The molecule has 0 spiro atoms. The minimum atomic E-state index is 1.10. The SMILES string of the molecule is c1ccc(-c2ccccc2-c2c(-c3ccccc3)cccc2-c2cccc(N(c3ccccc3)c3ccc(-c4cccc5ccccc45)cc3)c2)cc1. The van der Waals surface area contributed by atoms with Gasteiger partial charge in [-0.2, -0.15) is 0 Å². The number of nitrogens with zero attached hydrogens (tertiary/aromatic N) is 1. The molecule has 9 aromatic carbocycles. The zero-order valence-corrected chi connectivity index (χ0v) is 29.3. The molecule has 0 atom stereocenters. The molecule has 0 N–H and O–H groups in total. The minimum Gasteiger partial charge on any atom is -0.310 e. The van der Waals surface area contributed by atoms with Crippen LogP contribution in [0.15, 0.2) is 224 Å². The van der Waals surface area contributed by atoms with E-state index in [4.69, 9.17) is 0 Å². The second-order valence-electron chi connectivity index (χ2n) is 13.3. The summed E-state index contributed by atoms with van der Waals surface area (Å²) in [4.78, 5) is 2.36. The van der Waals surface area contributed by atoms with Crippen molar-refractivity contribution in [1.29, 1.82) is 0 Å². The van der Waals surface area contributed by atoms with Crippen LogP contribution in [0.4, 0.5) is 17.1 Å². The van der Waals surface area contributed by atoms with Crippen molar-refractivity contribution < 1.29 is 0 Å². The Bertz CT molecular complexity index is 2640. The number of benzene rings is 9. The Balaban J connectivity index is 1.20. The molecule has 0 fully saturated rings. The van der Waals surface area contributed by atoms with Gasteiger partial charge in [-0.3, -0.25) is 0 Å². The second-order valence-corrected chi connectivity index (χ2v) is 13.3. The molecule has 1 nitrogen and oxygen atoms in total. The van der Waals surface area contributed by atoms with Crippen molar-refractivity contribution in [2.24, 2.45) is 0 Å². The first-order valence-corrected chi connectivity index (χ1v) is 18.2. The normalized spacial score (nSPS) is 11.0. The summed E-state index contributed by atoms with van der Waals surface area (Å²) in [5.74, 6) is 0. The third-order valence-corrected chi connectivity index (χ3v) is 10.1. The first-order chi connectivity index (χ1) is 26.3. The maximum atomic E-state index is 2.36. The summed E-state index contributed by atoms with van der Waals surface area (Å²) in [6.45, 7) is 0. The number of fused-ring (bicyclic) bond motifs is 1. The molecule has 0 saturated carbocycles. The molecule has 1 heteroatoms. The molecular formula is C52H37N. The van der Waals surface area contributed by atoms with Gasteiger partial charge in [-0.15, -0.1) is 0 Å². The van der Waals surface area contributed by atoms with Gasteiger partial charge in [-0.25, -0.2) is 0 Å². The number of hydrogen-bond acceptors (Lipinski definition) is 1. The number of para-hydroxylation sites is 1. The van der Waals surface area contributed by atoms with Crippen LogP contribution in [0.2, 0.25) is 0 Å². The van der Waals surface area contributed by atoms with Crippen LogP contribution in [0.3, 0.4) is 0 Å². The monoisotopic (exact) mass is 675 g/mol. The van der Waals surface area contributed by atoms with Crippen LogP contribution in [-0.2, 0) is 0 Å². The van der Waals surface area contributed by atoms with Gasteiger partial charge in [0.15, 0.2) is 0 Å². The summed E-state index contributed by atoms with van der Waals surface area (Å²) in [5, 5.41) is 2.51. The highest BCUT2D eigenvalue weighted by atomic mass is 15.1. The summed E-state index contributed by atoms with van der Waals surface area (Å²) in [5.41, 5.74) is 15.3. The molecule has 0 aromatic heterocycles. The molecule has 0 aliphatic heterocycles. The average molecular weight is 676 g/mol.